The molecular formula is C13H20O2. The fraction of sp³-hybridized carbons (Fsp3) is 0.538. The van der Waals surface area contributed by atoms with E-state index < -0.39 is 0 Å². The SMILES string of the molecule is CCC(C)Cc1ccccc1OCCO. The molecule has 1 aromatic rings. The molecule has 84 valence electrons. The molecule has 0 spiro atoms. The summed E-state index contributed by atoms with van der Waals surface area (Å²) >= 11 is 0. The van der Waals surface area contributed by atoms with E-state index in [4.69, 9.17) is 9.84 Å². The molecule has 15 heavy (non-hydrogen) atoms. The van der Waals surface area contributed by atoms with E-state index in [0.29, 0.717) is 12.5 Å². The van der Waals surface area contributed by atoms with E-state index >= 15 is 0 Å². The van der Waals surface area contributed by atoms with Crippen molar-refractivity contribution in [3.05, 3.63) is 29.8 Å². The first-order valence-corrected chi connectivity index (χ1v) is 5.59. The lowest BCUT2D eigenvalue weighted by Crippen LogP contribution is -2.05. The molecule has 0 saturated heterocycles. The highest BCUT2D eigenvalue weighted by atomic mass is 16.5. The summed E-state index contributed by atoms with van der Waals surface area (Å²) in [5, 5.41) is 8.72. The van der Waals surface area contributed by atoms with E-state index in [-0.39, 0.29) is 6.61 Å². The lowest BCUT2D eigenvalue weighted by Gasteiger charge is -2.13. The molecule has 0 aliphatic carbocycles. The van der Waals surface area contributed by atoms with E-state index in [1.54, 1.807) is 0 Å². The smallest absolute Gasteiger partial charge is 0.122 e. The molecule has 1 rings (SSSR count). The molecule has 0 saturated carbocycles. The molecule has 0 bridgehead atoms. The highest BCUT2D eigenvalue weighted by molar-refractivity contribution is 5.33. The topological polar surface area (TPSA) is 29.5 Å². The second-order valence-electron chi connectivity index (χ2n) is 3.90. The van der Waals surface area contributed by atoms with E-state index in [1.807, 2.05) is 18.2 Å². The van der Waals surface area contributed by atoms with E-state index in [2.05, 4.69) is 19.9 Å². The van der Waals surface area contributed by atoms with Crippen LogP contribution in [0.2, 0.25) is 0 Å². The van der Waals surface area contributed by atoms with Crippen molar-refractivity contribution in [2.24, 2.45) is 5.92 Å². The average molecular weight is 208 g/mol. The van der Waals surface area contributed by atoms with Crippen LogP contribution in [0.25, 0.3) is 0 Å². The standard InChI is InChI=1S/C13H20O2/c1-3-11(2)10-12-6-4-5-7-13(12)15-9-8-14/h4-7,11,14H,3,8-10H2,1-2H3. The summed E-state index contributed by atoms with van der Waals surface area (Å²) in [6, 6.07) is 8.06. The lowest BCUT2D eigenvalue weighted by atomic mass is 9.98. The first kappa shape index (κ1) is 12.1. The van der Waals surface area contributed by atoms with Gasteiger partial charge in [-0.2, -0.15) is 0 Å². The Morgan fingerprint density at radius 2 is 2.07 bits per heavy atom. The molecule has 2 nitrogen and oxygen atoms in total. The van der Waals surface area contributed by atoms with Gasteiger partial charge >= 0.3 is 0 Å². The summed E-state index contributed by atoms with van der Waals surface area (Å²) in [6.07, 6.45) is 2.21. The third-order valence-electron chi connectivity index (χ3n) is 2.59. The molecule has 0 aromatic heterocycles. The number of rotatable bonds is 6. The molecule has 0 amide bonds. The third kappa shape index (κ3) is 3.92. The van der Waals surface area contributed by atoms with Gasteiger partial charge in [-0.15, -0.1) is 0 Å². The van der Waals surface area contributed by atoms with Crippen LogP contribution in [0.15, 0.2) is 24.3 Å². The number of hydrogen-bond acceptors (Lipinski definition) is 2. The summed E-state index contributed by atoms with van der Waals surface area (Å²) in [4.78, 5) is 0. The van der Waals surface area contributed by atoms with Crippen LogP contribution < -0.4 is 4.74 Å². The van der Waals surface area contributed by atoms with Crippen molar-refractivity contribution < 1.29 is 9.84 Å². The highest BCUT2D eigenvalue weighted by Gasteiger charge is 2.06. The largest absolute Gasteiger partial charge is 0.491 e. The fourth-order valence-corrected chi connectivity index (χ4v) is 1.49. The maximum Gasteiger partial charge on any atom is 0.122 e. The monoisotopic (exact) mass is 208 g/mol. The molecule has 0 aliphatic heterocycles. The molecule has 1 N–H and O–H groups in total. The minimum atomic E-state index is 0.0671. The first-order chi connectivity index (χ1) is 7.27. The van der Waals surface area contributed by atoms with Gasteiger partial charge in [0.25, 0.3) is 0 Å². The van der Waals surface area contributed by atoms with Gasteiger partial charge in [0.1, 0.15) is 12.4 Å². The average Bonchev–Trinajstić information content (AvgIpc) is 2.28. The minimum absolute atomic E-state index is 0.0671. The van der Waals surface area contributed by atoms with Crippen LogP contribution >= 0.6 is 0 Å². The molecule has 0 aliphatic rings. The van der Waals surface area contributed by atoms with Gasteiger partial charge in [-0.25, -0.2) is 0 Å². The first-order valence-electron chi connectivity index (χ1n) is 5.59. The van der Waals surface area contributed by atoms with Crippen molar-refractivity contribution in [2.45, 2.75) is 26.7 Å². The van der Waals surface area contributed by atoms with Crippen LogP contribution in [0.5, 0.6) is 5.75 Å². The summed E-state index contributed by atoms with van der Waals surface area (Å²) < 4.78 is 5.48. The zero-order chi connectivity index (χ0) is 11.1. The van der Waals surface area contributed by atoms with E-state index in [9.17, 15) is 0 Å². The van der Waals surface area contributed by atoms with Crippen molar-refractivity contribution in [3.8, 4) is 5.75 Å². The van der Waals surface area contributed by atoms with Gasteiger partial charge in [-0.05, 0) is 24.0 Å². The summed E-state index contributed by atoms with van der Waals surface area (Å²) in [5.74, 6) is 1.58. The molecule has 0 radical (unpaired) electrons. The van der Waals surface area contributed by atoms with Gasteiger partial charge in [0.2, 0.25) is 0 Å². The normalized spacial score (nSPS) is 12.5. The Labute approximate surface area is 91.9 Å². The fourth-order valence-electron chi connectivity index (χ4n) is 1.49. The Balaban J connectivity index is 2.67. The Morgan fingerprint density at radius 1 is 1.33 bits per heavy atom. The predicted octanol–water partition coefficient (Wildman–Crippen LogP) is 2.65. The molecular weight excluding hydrogens is 188 g/mol. The van der Waals surface area contributed by atoms with E-state index in [1.165, 1.54) is 12.0 Å². The number of ether oxygens (including phenoxy) is 1. The van der Waals surface area contributed by atoms with Crippen LogP contribution in [0.4, 0.5) is 0 Å². The third-order valence-corrected chi connectivity index (χ3v) is 2.59. The van der Waals surface area contributed by atoms with Gasteiger partial charge in [-0.1, -0.05) is 38.5 Å². The number of hydrogen-bond donors (Lipinski definition) is 1. The zero-order valence-corrected chi connectivity index (χ0v) is 9.57. The van der Waals surface area contributed by atoms with Crippen LogP contribution in [0.1, 0.15) is 25.8 Å². The zero-order valence-electron chi connectivity index (χ0n) is 9.57. The molecule has 1 atom stereocenters. The van der Waals surface area contributed by atoms with Crippen molar-refractivity contribution in [1.82, 2.24) is 0 Å². The van der Waals surface area contributed by atoms with Crippen LogP contribution in [0, 0.1) is 5.92 Å². The number of aliphatic hydroxyl groups excluding tert-OH is 1. The second kappa shape index (κ2) is 6.46. The second-order valence-corrected chi connectivity index (χ2v) is 3.90. The quantitative estimate of drug-likeness (QED) is 0.778. The highest BCUT2D eigenvalue weighted by Crippen LogP contribution is 2.22. The number of benzene rings is 1. The summed E-state index contributed by atoms with van der Waals surface area (Å²) in [5.41, 5.74) is 1.24. The van der Waals surface area contributed by atoms with E-state index in [0.717, 1.165) is 12.2 Å². The van der Waals surface area contributed by atoms with Crippen molar-refractivity contribution in [1.29, 1.82) is 0 Å². The number of para-hydroxylation sites is 1. The van der Waals surface area contributed by atoms with Gasteiger partial charge in [0, 0.05) is 0 Å². The molecule has 0 heterocycles. The molecule has 2 heteroatoms. The molecule has 0 fully saturated rings. The van der Waals surface area contributed by atoms with Gasteiger partial charge in [-0.3, -0.25) is 0 Å². The number of aliphatic hydroxyl groups is 1. The van der Waals surface area contributed by atoms with Crippen molar-refractivity contribution in [3.63, 3.8) is 0 Å². The van der Waals surface area contributed by atoms with Crippen molar-refractivity contribution >= 4 is 0 Å². The summed E-state index contributed by atoms with van der Waals surface area (Å²) in [6.45, 7) is 4.87. The minimum Gasteiger partial charge on any atom is -0.491 e. The van der Waals surface area contributed by atoms with Gasteiger partial charge < -0.3 is 9.84 Å². The Morgan fingerprint density at radius 3 is 2.73 bits per heavy atom. The maximum atomic E-state index is 8.72. The van der Waals surface area contributed by atoms with Crippen LogP contribution in [0.3, 0.4) is 0 Å². The van der Waals surface area contributed by atoms with Gasteiger partial charge in [0.05, 0.1) is 6.61 Å². The Kier molecular flexibility index (Phi) is 5.19. The molecule has 1 aromatic carbocycles. The summed E-state index contributed by atoms with van der Waals surface area (Å²) in [7, 11) is 0. The van der Waals surface area contributed by atoms with Crippen LogP contribution in [-0.2, 0) is 6.42 Å². The predicted molar refractivity (Wildman–Crippen MR) is 62.2 cm³/mol. The Hall–Kier alpha value is -1.02. The maximum absolute atomic E-state index is 8.72. The van der Waals surface area contributed by atoms with Crippen LogP contribution in [-0.4, -0.2) is 18.3 Å². The molecule has 1 unspecified atom stereocenters. The van der Waals surface area contributed by atoms with Crippen molar-refractivity contribution in [2.75, 3.05) is 13.2 Å². The van der Waals surface area contributed by atoms with Gasteiger partial charge in [0.15, 0.2) is 0 Å². The Bertz CT molecular complexity index is 284. The lowest BCUT2D eigenvalue weighted by molar-refractivity contribution is 0.200.